The first-order valence-electron chi connectivity index (χ1n) is 11.0. The first-order valence-corrected chi connectivity index (χ1v) is 11.0. The quantitative estimate of drug-likeness (QED) is 0.482. The van der Waals surface area contributed by atoms with E-state index in [0.29, 0.717) is 12.3 Å². The Hall–Kier alpha value is -3.54. The van der Waals surface area contributed by atoms with Gasteiger partial charge in [-0.05, 0) is 73.7 Å². The molecule has 2 aromatic carbocycles. The SMILES string of the molecule is COc1ccc(N(Cc2cccnc2)c2ccc(C(=O)O)cc2)cc1OC1CCCCC1. The first-order chi connectivity index (χ1) is 15.6. The fourth-order valence-corrected chi connectivity index (χ4v) is 4.08. The van der Waals surface area contributed by atoms with Gasteiger partial charge in [0.2, 0.25) is 0 Å². The zero-order chi connectivity index (χ0) is 22.3. The van der Waals surface area contributed by atoms with E-state index in [-0.39, 0.29) is 11.7 Å². The minimum Gasteiger partial charge on any atom is -0.493 e. The molecule has 4 rings (SSSR count). The summed E-state index contributed by atoms with van der Waals surface area (Å²) >= 11 is 0. The molecule has 0 atom stereocenters. The Balaban J connectivity index is 1.69. The molecule has 1 aliphatic rings. The third kappa shape index (κ3) is 5.19. The number of pyridine rings is 1. The summed E-state index contributed by atoms with van der Waals surface area (Å²) in [5.74, 6) is 0.500. The van der Waals surface area contributed by atoms with Gasteiger partial charge in [-0.25, -0.2) is 4.79 Å². The van der Waals surface area contributed by atoms with Gasteiger partial charge >= 0.3 is 5.97 Å². The highest BCUT2D eigenvalue weighted by atomic mass is 16.5. The second-order valence-corrected chi connectivity index (χ2v) is 8.01. The second kappa shape index (κ2) is 10.2. The number of hydrogen-bond acceptors (Lipinski definition) is 5. The van der Waals surface area contributed by atoms with Crippen molar-refractivity contribution in [2.45, 2.75) is 44.8 Å². The molecule has 1 aliphatic carbocycles. The Morgan fingerprint density at radius 2 is 1.78 bits per heavy atom. The number of carboxylic acids is 1. The summed E-state index contributed by atoms with van der Waals surface area (Å²) in [7, 11) is 1.65. The first kappa shape index (κ1) is 21.7. The van der Waals surface area contributed by atoms with E-state index in [0.717, 1.165) is 35.5 Å². The van der Waals surface area contributed by atoms with Crippen molar-refractivity contribution < 1.29 is 19.4 Å². The number of carbonyl (C=O) groups is 1. The fraction of sp³-hybridized carbons (Fsp3) is 0.308. The van der Waals surface area contributed by atoms with Gasteiger partial charge in [0.05, 0.1) is 18.8 Å². The largest absolute Gasteiger partial charge is 0.493 e. The number of nitrogens with zero attached hydrogens (tertiary/aromatic N) is 2. The number of benzene rings is 2. The van der Waals surface area contributed by atoms with E-state index in [4.69, 9.17) is 9.47 Å². The molecule has 0 radical (unpaired) electrons. The van der Waals surface area contributed by atoms with Crippen molar-refractivity contribution in [2.75, 3.05) is 12.0 Å². The van der Waals surface area contributed by atoms with E-state index in [2.05, 4.69) is 9.88 Å². The van der Waals surface area contributed by atoms with Gasteiger partial charge in [0.1, 0.15) is 0 Å². The third-order valence-corrected chi connectivity index (χ3v) is 5.79. The highest BCUT2D eigenvalue weighted by Gasteiger charge is 2.19. The van der Waals surface area contributed by atoms with Crippen LogP contribution in [0, 0.1) is 0 Å². The summed E-state index contributed by atoms with van der Waals surface area (Å²) in [6.45, 7) is 0.579. The van der Waals surface area contributed by atoms with Crippen LogP contribution in [0.4, 0.5) is 11.4 Å². The number of aromatic carboxylic acids is 1. The van der Waals surface area contributed by atoms with Gasteiger partial charge in [-0.15, -0.1) is 0 Å². The molecule has 0 bridgehead atoms. The molecule has 166 valence electrons. The molecule has 0 spiro atoms. The minimum atomic E-state index is -0.942. The van der Waals surface area contributed by atoms with Gasteiger partial charge in [-0.1, -0.05) is 12.5 Å². The minimum absolute atomic E-state index is 0.203. The lowest BCUT2D eigenvalue weighted by atomic mass is 9.98. The van der Waals surface area contributed by atoms with Crippen LogP contribution < -0.4 is 14.4 Å². The van der Waals surface area contributed by atoms with Crippen LogP contribution in [0.15, 0.2) is 67.0 Å². The topological polar surface area (TPSA) is 71.9 Å². The molecule has 0 unspecified atom stereocenters. The van der Waals surface area contributed by atoms with Gasteiger partial charge in [0.25, 0.3) is 0 Å². The number of methoxy groups -OCH3 is 1. The molecule has 1 heterocycles. The van der Waals surface area contributed by atoms with Gasteiger partial charge in [0.15, 0.2) is 11.5 Å². The van der Waals surface area contributed by atoms with Crippen LogP contribution in [-0.4, -0.2) is 29.3 Å². The van der Waals surface area contributed by atoms with E-state index >= 15 is 0 Å². The van der Waals surface area contributed by atoms with E-state index in [1.165, 1.54) is 19.3 Å². The Bertz CT molecular complexity index is 1030. The highest BCUT2D eigenvalue weighted by Crippen LogP contribution is 2.37. The number of carboxylic acid groups (broad SMARTS) is 1. The lowest BCUT2D eigenvalue weighted by molar-refractivity contribution is 0.0697. The number of aromatic nitrogens is 1. The van der Waals surface area contributed by atoms with Crippen LogP contribution in [0.3, 0.4) is 0 Å². The highest BCUT2D eigenvalue weighted by molar-refractivity contribution is 5.88. The maximum Gasteiger partial charge on any atom is 0.335 e. The summed E-state index contributed by atoms with van der Waals surface area (Å²) in [6.07, 6.45) is 9.55. The molecule has 1 N–H and O–H groups in total. The van der Waals surface area contributed by atoms with Crippen molar-refractivity contribution in [1.29, 1.82) is 0 Å². The van der Waals surface area contributed by atoms with Crippen molar-refractivity contribution in [3.05, 3.63) is 78.1 Å². The Labute approximate surface area is 188 Å². The molecule has 6 heteroatoms. The maximum absolute atomic E-state index is 11.3. The number of rotatable bonds is 8. The normalized spacial score (nSPS) is 14.0. The number of hydrogen-bond donors (Lipinski definition) is 1. The molecule has 1 saturated carbocycles. The van der Waals surface area contributed by atoms with Crippen LogP contribution in [-0.2, 0) is 6.54 Å². The molecule has 1 aromatic heterocycles. The molecular formula is C26H28N2O4. The smallest absolute Gasteiger partial charge is 0.335 e. The Kier molecular flexibility index (Phi) is 6.90. The summed E-state index contributed by atoms with van der Waals surface area (Å²) in [4.78, 5) is 17.7. The lowest BCUT2D eigenvalue weighted by Gasteiger charge is -2.28. The predicted octanol–water partition coefficient (Wildman–Crippen LogP) is 5.84. The maximum atomic E-state index is 11.3. The van der Waals surface area contributed by atoms with E-state index in [1.807, 2.05) is 48.7 Å². The molecular weight excluding hydrogens is 404 g/mol. The Morgan fingerprint density at radius 3 is 2.44 bits per heavy atom. The molecule has 0 saturated heterocycles. The molecule has 32 heavy (non-hydrogen) atoms. The van der Waals surface area contributed by atoms with Crippen molar-refractivity contribution in [1.82, 2.24) is 4.98 Å². The fourth-order valence-electron chi connectivity index (χ4n) is 4.08. The van der Waals surface area contributed by atoms with Gasteiger partial charge in [0, 0.05) is 36.4 Å². The van der Waals surface area contributed by atoms with Gasteiger partial charge in [-0.2, -0.15) is 0 Å². The van der Waals surface area contributed by atoms with Crippen molar-refractivity contribution in [2.24, 2.45) is 0 Å². The summed E-state index contributed by atoms with van der Waals surface area (Å²) in [6, 6.07) is 16.8. The zero-order valence-electron chi connectivity index (χ0n) is 18.2. The predicted molar refractivity (Wildman–Crippen MR) is 124 cm³/mol. The van der Waals surface area contributed by atoms with Crippen LogP contribution >= 0.6 is 0 Å². The van der Waals surface area contributed by atoms with Gasteiger partial charge < -0.3 is 19.5 Å². The summed E-state index contributed by atoms with van der Waals surface area (Å²) in [5.41, 5.74) is 3.11. The van der Waals surface area contributed by atoms with Crippen LogP contribution in [0.25, 0.3) is 0 Å². The number of anilines is 2. The van der Waals surface area contributed by atoms with Crippen molar-refractivity contribution in [3.63, 3.8) is 0 Å². The average molecular weight is 433 g/mol. The molecule has 6 nitrogen and oxygen atoms in total. The van der Waals surface area contributed by atoms with Crippen LogP contribution in [0.2, 0.25) is 0 Å². The standard InChI is InChI=1S/C26H28N2O4/c1-31-24-14-13-22(16-25(24)32-23-7-3-2-4-8-23)28(18-19-6-5-15-27-17-19)21-11-9-20(10-12-21)26(29)30/h5-6,9-17,23H,2-4,7-8,18H2,1H3,(H,29,30). The van der Waals surface area contributed by atoms with Crippen molar-refractivity contribution >= 4 is 17.3 Å². The second-order valence-electron chi connectivity index (χ2n) is 8.01. The van der Waals surface area contributed by atoms with E-state index in [9.17, 15) is 9.90 Å². The summed E-state index contributed by atoms with van der Waals surface area (Å²) < 4.78 is 11.9. The average Bonchev–Trinajstić information content (AvgIpc) is 2.84. The Morgan fingerprint density at radius 1 is 1.03 bits per heavy atom. The lowest BCUT2D eigenvalue weighted by Crippen LogP contribution is -2.21. The molecule has 1 fully saturated rings. The molecule has 0 aliphatic heterocycles. The van der Waals surface area contributed by atoms with Crippen molar-refractivity contribution in [3.8, 4) is 11.5 Å². The van der Waals surface area contributed by atoms with E-state index in [1.54, 1.807) is 25.4 Å². The van der Waals surface area contributed by atoms with E-state index < -0.39 is 5.97 Å². The van der Waals surface area contributed by atoms with Crippen LogP contribution in [0.1, 0.15) is 48.0 Å². The number of ether oxygens (including phenoxy) is 2. The van der Waals surface area contributed by atoms with Crippen LogP contribution in [0.5, 0.6) is 11.5 Å². The zero-order valence-corrected chi connectivity index (χ0v) is 18.2. The molecule has 0 amide bonds. The molecule has 3 aromatic rings. The summed E-state index contributed by atoms with van der Waals surface area (Å²) in [5, 5.41) is 9.26. The monoisotopic (exact) mass is 432 g/mol. The van der Waals surface area contributed by atoms with Gasteiger partial charge in [-0.3, -0.25) is 4.98 Å². The third-order valence-electron chi connectivity index (χ3n) is 5.79.